The fourth-order valence-electron chi connectivity index (χ4n) is 5.57. The fourth-order valence-corrected chi connectivity index (χ4v) is 5.57. The van der Waals surface area contributed by atoms with Gasteiger partial charge < -0.3 is 20.5 Å². The van der Waals surface area contributed by atoms with Gasteiger partial charge in [-0.3, -0.25) is 19.1 Å². The average Bonchev–Trinajstić information content (AvgIpc) is 3.64. The average molecular weight is 505 g/mol. The molecular weight excluding hydrogens is 468 g/mol. The molecule has 3 aromatic rings. The number of carbonyl (C=O) groups excluding carboxylic acids is 3. The number of para-hydroxylation sites is 1. The minimum Gasteiger partial charge on any atom is -0.361 e. The van der Waals surface area contributed by atoms with Crippen molar-refractivity contribution >= 4 is 28.6 Å². The van der Waals surface area contributed by atoms with Gasteiger partial charge in [-0.05, 0) is 44.2 Å². The molecule has 37 heavy (non-hydrogen) atoms. The van der Waals surface area contributed by atoms with Gasteiger partial charge in [0.2, 0.25) is 5.91 Å². The number of hydrogen-bond donors (Lipinski definition) is 3. The van der Waals surface area contributed by atoms with Crippen molar-refractivity contribution in [1.82, 2.24) is 30.3 Å². The van der Waals surface area contributed by atoms with Crippen LogP contribution in [0.5, 0.6) is 0 Å². The van der Waals surface area contributed by atoms with Gasteiger partial charge in [-0.2, -0.15) is 5.10 Å². The molecule has 1 aliphatic heterocycles. The maximum Gasteiger partial charge on any atom is 0.273 e. The highest BCUT2D eigenvalue weighted by Gasteiger charge is 2.48. The number of H-pyrrole nitrogens is 1. The molecule has 9 nitrogen and oxygen atoms in total. The monoisotopic (exact) mass is 504 g/mol. The lowest BCUT2D eigenvalue weighted by atomic mass is 9.94. The topological polar surface area (TPSA) is 112 Å². The van der Waals surface area contributed by atoms with Crippen LogP contribution in [0, 0.1) is 0 Å². The van der Waals surface area contributed by atoms with Crippen LogP contribution in [0.1, 0.15) is 78.9 Å². The molecule has 2 aromatic heterocycles. The Labute approximate surface area is 217 Å². The van der Waals surface area contributed by atoms with Crippen LogP contribution in [-0.4, -0.2) is 62.1 Å². The number of benzene rings is 1. The molecule has 0 radical (unpaired) electrons. The predicted octanol–water partition coefficient (Wildman–Crippen LogP) is 3.41. The van der Waals surface area contributed by atoms with E-state index < -0.39 is 5.54 Å². The summed E-state index contributed by atoms with van der Waals surface area (Å²) < 4.78 is 1.54. The van der Waals surface area contributed by atoms with Gasteiger partial charge in [0, 0.05) is 42.3 Å². The van der Waals surface area contributed by atoms with Crippen molar-refractivity contribution in [2.75, 3.05) is 13.1 Å². The van der Waals surface area contributed by atoms with E-state index in [0.29, 0.717) is 25.2 Å². The zero-order chi connectivity index (χ0) is 26.0. The van der Waals surface area contributed by atoms with E-state index in [9.17, 15) is 14.4 Å². The number of nitrogens with one attached hydrogen (secondary N) is 3. The zero-order valence-electron chi connectivity index (χ0n) is 21.7. The fraction of sp³-hybridized carbons (Fsp3) is 0.500. The van der Waals surface area contributed by atoms with Crippen molar-refractivity contribution in [2.45, 2.75) is 76.9 Å². The van der Waals surface area contributed by atoms with Crippen LogP contribution in [-0.2, 0) is 17.8 Å². The second-order valence-electron chi connectivity index (χ2n) is 10.5. The molecule has 5 rings (SSSR count). The Bertz CT molecular complexity index is 1300. The minimum absolute atomic E-state index is 0.144. The molecule has 0 saturated heterocycles. The predicted molar refractivity (Wildman–Crippen MR) is 141 cm³/mol. The first-order valence-electron chi connectivity index (χ1n) is 13.4. The van der Waals surface area contributed by atoms with Crippen LogP contribution in [0.4, 0.5) is 0 Å². The Hall–Kier alpha value is -3.62. The number of aromatic amines is 1. The van der Waals surface area contributed by atoms with Gasteiger partial charge in [0.05, 0.1) is 6.54 Å². The van der Waals surface area contributed by atoms with Crippen LogP contribution in [0.3, 0.4) is 0 Å². The van der Waals surface area contributed by atoms with Crippen molar-refractivity contribution in [3.8, 4) is 0 Å². The first kappa shape index (κ1) is 25.0. The van der Waals surface area contributed by atoms with Gasteiger partial charge in [-0.25, -0.2) is 0 Å². The molecular formula is C28H36N6O3. The molecule has 9 heteroatoms. The van der Waals surface area contributed by atoms with Gasteiger partial charge in [-0.1, -0.05) is 44.4 Å². The van der Waals surface area contributed by atoms with E-state index in [2.05, 4.69) is 33.7 Å². The van der Waals surface area contributed by atoms with Crippen molar-refractivity contribution in [3.05, 3.63) is 53.5 Å². The van der Waals surface area contributed by atoms with Gasteiger partial charge in [-0.15, -0.1) is 0 Å². The third-order valence-electron chi connectivity index (χ3n) is 7.80. The summed E-state index contributed by atoms with van der Waals surface area (Å²) in [7, 11) is 0. The molecule has 1 saturated carbocycles. The molecule has 3 heterocycles. The number of aromatic nitrogens is 3. The second-order valence-corrected chi connectivity index (χ2v) is 10.5. The molecule has 1 fully saturated rings. The van der Waals surface area contributed by atoms with Crippen LogP contribution < -0.4 is 10.6 Å². The summed E-state index contributed by atoms with van der Waals surface area (Å²) in [6.07, 6.45) is 8.52. The molecule has 3 amide bonds. The Kier molecular flexibility index (Phi) is 7.04. The van der Waals surface area contributed by atoms with E-state index in [4.69, 9.17) is 0 Å². The van der Waals surface area contributed by atoms with Crippen LogP contribution >= 0.6 is 0 Å². The molecule has 196 valence electrons. The number of carbonyl (C=O) groups is 3. The zero-order valence-corrected chi connectivity index (χ0v) is 21.7. The highest BCUT2D eigenvalue weighted by Crippen LogP contribution is 2.29. The Morgan fingerprint density at radius 2 is 2.00 bits per heavy atom. The number of nitrogens with zero attached hydrogens (tertiary/aromatic N) is 3. The van der Waals surface area contributed by atoms with E-state index in [-0.39, 0.29) is 36.0 Å². The Balaban J connectivity index is 1.30. The molecule has 0 bridgehead atoms. The molecule has 1 aliphatic carbocycles. The summed E-state index contributed by atoms with van der Waals surface area (Å²) in [5, 5.41) is 11.7. The summed E-state index contributed by atoms with van der Waals surface area (Å²) in [4.78, 5) is 44.9. The van der Waals surface area contributed by atoms with E-state index in [1.54, 1.807) is 11.0 Å². The number of fused-ring (bicyclic) bond motifs is 2. The van der Waals surface area contributed by atoms with E-state index in [1.807, 2.05) is 31.3 Å². The highest BCUT2D eigenvalue weighted by atomic mass is 16.2. The number of hydrogen-bond acceptors (Lipinski definition) is 4. The van der Waals surface area contributed by atoms with E-state index in [1.165, 1.54) is 4.68 Å². The minimum atomic E-state index is -1.06. The van der Waals surface area contributed by atoms with Gasteiger partial charge in [0.1, 0.15) is 11.2 Å². The molecule has 3 N–H and O–H groups in total. The molecule has 1 aromatic carbocycles. The summed E-state index contributed by atoms with van der Waals surface area (Å²) in [5.74, 6) is -0.726. The quantitative estimate of drug-likeness (QED) is 0.415. The van der Waals surface area contributed by atoms with Crippen LogP contribution in [0.15, 0.2) is 36.5 Å². The van der Waals surface area contributed by atoms with E-state index in [0.717, 1.165) is 55.0 Å². The first-order valence-corrected chi connectivity index (χ1v) is 13.4. The van der Waals surface area contributed by atoms with E-state index >= 15 is 0 Å². The summed E-state index contributed by atoms with van der Waals surface area (Å²) >= 11 is 0. The Morgan fingerprint density at radius 1 is 1.22 bits per heavy atom. The lowest BCUT2D eigenvalue weighted by Gasteiger charge is -2.43. The number of rotatable bonds is 9. The SMILES string of the molecule is CCCCN1C(=O)c2cc(C(=O)NCCc3c[nH]c4ccccc34)nn2CC1(C)C(=O)NC1CCCC1. The van der Waals surface area contributed by atoms with Gasteiger partial charge in [0.25, 0.3) is 11.8 Å². The standard InChI is InChI=1S/C28H36N6O3/c1-3-4-15-33-26(36)24-16-23(25(35)29-14-13-19-17-30-22-12-8-7-11-21(19)22)32-34(24)18-28(33,2)27(37)31-20-9-5-6-10-20/h7-8,11-12,16-17,20,30H,3-6,9-10,13-15,18H2,1-2H3,(H,29,35)(H,31,37). The van der Waals surface area contributed by atoms with Crippen molar-refractivity contribution in [3.63, 3.8) is 0 Å². The van der Waals surface area contributed by atoms with Gasteiger partial charge in [0.15, 0.2) is 5.69 Å². The lowest BCUT2D eigenvalue weighted by Crippen LogP contribution is -2.65. The largest absolute Gasteiger partial charge is 0.361 e. The molecule has 0 spiro atoms. The normalized spacial score (nSPS) is 19.8. The first-order chi connectivity index (χ1) is 17.9. The molecule has 2 aliphatic rings. The maximum atomic E-state index is 13.6. The Morgan fingerprint density at radius 3 is 2.78 bits per heavy atom. The summed E-state index contributed by atoms with van der Waals surface area (Å²) in [6.45, 7) is 5.03. The third kappa shape index (κ3) is 4.86. The molecule has 1 atom stereocenters. The van der Waals surface area contributed by atoms with Crippen molar-refractivity contribution < 1.29 is 14.4 Å². The van der Waals surface area contributed by atoms with Crippen molar-refractivity contribution in [2.24, 2.45) is 0 Å². The third-order valence-corrected chi connectivity index (χ3v) is 7.80. The second kappa shape index (κ2) is 10.4. The lowest BCUT2D eigenvalue weighted by molar-refractivity contribution is -0.133. The summed E-state index contributed by atoms with van der Waals surface area (Å²) in [6, 6.07) is 9.77. The number of unbranched alkanes of at least 4 members (excludes halogenated alkanes) is 1. The molecule has 1 unspecified atom stereocenters. The van der Waals surface area contributed by atoms with Crippen LogP contribution in [0.2, 0.25) is 0 Å². The van der Waals surface area contributed by atoms with Gasteiger partial charge >= 0.3 is 0 Å². The number of amides is 3. The summed E-state index contributed by atoms with van der Waals surface area (Å²) in [5.41, 5.74) is 1.68. The maximum absolute atomic E-state index is 13.6. The van der Waals surface area contributed by atoms with Crippen molar-refractivity contribution in [1.29, 1.82) is 0 Å². The van der Waals surface area contributed by atoms with Crippen LogP contribution in [0.25, 0.3) is 10.9 Å². The highest BCUT2D eigenvalue weighted by molar-refractivity contribution is 6.02. The smallest absolute Gasteiger partial charge is 0.273 e.